The Morgan fingerprint density at radius 1 is 1.35 bits per heavy atom. The van der Waals surface area contributed by atoms with Crippen LogP contribution in [0.15, 0.2) is 18.2 Å². The van der Waals surface area contributed by atoms with Gasteiger partial charge in [-0.05, 0) is 12.1 Å². The average Bonchev–Trinajstić information content (AvgIpc) is 2.85. The molecular weight excluding hydrogens is 280 g/mol. The summed E-state index contributed by atoms with van der Waals surface area (Å²) >= 11 is 1.40. The van der Waals surface area contributed by atoms with E-state index in [0.717, 1.165) is 10.2 Å². The van der Waals surface area contributed by atoms with E-state index in [0.29, 0.717) is 24.1 Å². The highest BCUT2D eigenvalue weighted by Crippen LogP contribution is 2.31. The highest BCUT2D eigenvalue weighted by Gasteiger charge is 2.10. The zero-order chi connectivity index (χ0) is 14.4. The molecule has 1 aromatic heterocycles. The number of aromatic nitrogens is 1. The fraction of sp³-hybridized carbons (Fsp3) is 0.385. The molecule has 0 saturated heterocycles. The van der Waals surface area contributed by atoms with Gasteiger partial charge >= 0.3 is 0 Å². The number of hydrogen-bond donors (Lipinski definition) is 1. The van der Waals surface area contributed by atoms with Gasteiger partial charge in [-0.1, -0.05) is 17.4 Å². The topological polar surface area (TPSA) is 69.7 Å². The Hall–Kier alpha value is -1.70. The molecular formula is C13H16N2O4S. The minimum absolute atomic E-state index is 0.0174. The molecule has 0 saturated carbocycles. The molecule has 20 heavy (non-hydrogen) atoms. The lowest BCUT2D eigenvalue weighted by atomic mass is 10.3. The second-order valence-electron chi connectivity index (χ2n) is 3.92. The largest absolute Gasteiger partial charge is 0.494 e. The van der Waals surface area contributed by atoms with E-state index in [2.05, 4.69) is 10.3 Å². The molecule has 1 heterocycles. The highest BCUT2D eigenvalue weighted by molar-refractivity contribution is 7.22. The standard InChI is InChI=1S/C13H16N2O4S/c1-17-6-7-19-8-11(16)14-13-15-12-9(18-2)4-3-5-10(12)20-13/h3-5H,6-8H2,1-2H3,(H,14,15,16). The molecule has 0 atom stereocenters. The van der Waals surface area contributed by atoms with Gasteiger partial charge in [-0.25, -0.2) is 4.98 Å². The minimum atomic E-state index is -0.237. The van der Waals surface area contributed by atoms with Gasteiger partial charge in [-0.3, -0.25) is 10.1 Å². The first-order chi connectivity index (χ1) is 9.74. The maximum absolute atomic E-state index is 11.7. The van der Waals surface area contributed by atoms with Gasteiger partial charge in [-0.15, -0.1) is 0 Å². The first kappa shape index (κ1) is 14.7. The molecule has 0 aliphatic rings. The molecule has 108 valence electrons. The lowest BCUT2D eigenvalue weighted by Gasteiger charge is -2.03. The molecule has 0 fully saturated rings. The van der Waals surface area contributed by atoms with Gasteiger partial charge in [0.25, 0.3) is 5.91 Å². The smallest absolute Gasteiger partial charge is 0.252 e. The molecule has 0 aliphatic carbocycles. The van der Waals surface area contributed by atoms with Gasteiger partial charge in [0.2, 0.25) is 0 Å². The Labute approximate surface area is 120 Å². The number of rotatable bonds is 7. The monoisotopic (exact) mass is 296 g/mol. The van der Waals surface area contributed by atoms with Crippen LogP contribution in [0, 0.1) is 0 Å². The molecule has 7 heteroatoms. The summed E-state index contributed by atoms with van der Waals surface area (Å²) < 4.78 is 16.2. The van der Waals surface area contributed by atoms with Crippen molar-refractivity contribution in [1.82, 2.24) is 4.98 Å². The Morgan fingerprint density at radius 2 is 2.20 bits per heavy atom. The predicted molar refractivity (Wildman–Crippen MR) is 77.5 cm³/mol. The first-order valence-corrected chi connectivity index (χ1v) is 6.86. The number of methoxy groups -OCH3 is 2. The third-order valence-corrected chi connectivity index (χ3v) is 3.45. The summed E-state index contributed by atoms with van der Waals surface area (Å²) in [5, 5.41) is 3.24. The molecule has 0 radical (unpaired) electrons. The molecule has 0 bridgehead atoms. The molecule has 0 spiro atoms. The van der Waals surface area contributed by atoms with E-state index in [4.69, 9.17) is 14.2 Å². The van der Waals surface area contributed by atoms with Crippen molar-refractivity contribution >= 4 is 32.6 Å². The fourth-order valence-electron chi connectivity index (χ4n) is 1.60. The van der Waals surface area contributed by atoms with Crippen molar-refractivity contribution in [2.45, 2.75) is 0 Å². The molecule has 0 aliphatic heterocycles. The third kappa shape index (κ3) is 3.66. The van der Waals surface area contributed by atoms with Gasteiger partial charge in [-0.2, -0.15) is 0 Å². The van der Waals surface area contributed by atoms with E-state index in [9.17, 15) is 4.79 Å². The van der Waals surface area contributed by atoms with Gasteiger partial charge < -0.3 is 14.2 Å². The van der Waals surface area contributed by atoms with Gasteiger partial charge in [0.15, 0.2) is 5.13 Å². The number of nitrogens with one attached hydrogen (secondary N) is 1. The summed E-state index contributed by atoms with van der Waals surface area (Å²) in [5.74, 6) is 0.453. The molecule has 2 rings (SSSR count). The van der Waals surface area contributed by atoms with Crippen LogP contribution in [0.3, 0.4) is 0 Å². The Balaban J connectivity index is 1.98. The number of benzene rings is 1. The molecule has 1 amide bonds. The lowest BCUT2D eigenvalue weighted by molar-refractivity contribution is -0.121. The number of carbonyl (C=O) groups excluding carboxylic acids is 1. The van der Waals surface area contributed by atoms with Gasteiger partial charge in [0.05, 0.1) is 25.0 Å². The highest BCUT2D eigenvalue weighted by atomic mass is 32.1. The normalized spacial score (nSPS) is 10.7. The van der Waals surface area contributed by atoms with E-state index < -0.39 is 0 Å². The van der Waals surface area contributed by atoms with Crippen LogP contribution in [0.25, 0.3) is 10.2 Å². The zero-order valence-electron chi connectivity index (χ0n) is 11.3. The van der Waals surface area contributed by atoms with Crippen molar-refractivity contribution in [2.75, 3.05) is 39.4 Å². The Morgan fingerprint density at radius 3 is 2.95 bits per heavy atom. The van der Waals surface area contributed by atoms with Crippen molar-refractivity contribution < 1.29 is 19.0 Å². The number of anilines is 1. The van der Waals surface area contributed by atoms with Gasteiger partial charge in [0.1, 0.15) is 17.9 Å². The maximum Gasteiger partial charge on any atom is 0.252 e. The van der Waals surface area contributed by atoms with E-state index >= 15 is 0 Å². The number of carbonyl (C=O) groups is 1. The quantitative estimate of drug-likeness (QED) is 0.790. The van der Waals surface area contributed by atoms with Crippen molar-refractivity contribution in [3.05, 3.63) is 18.2 Å². The summed E-state index contributed by atoms with van der Waals surface area (Å²) in [7, 11) is 3.17. The number of fused-ring (bicyclic) bond motifs is 1. The molecule has 0 unspecified atom stereocenters. The van der Waals surface area contributed by atoms with Crippen LogP contribution in [0.5, 0.6) is 5.75 Å². The number of hydrogen-bond acceptors (Lipinski definition) is 6. The van der Waals surface area contributed by atoms with E-state index in [1.165, 1.54) is 11.3 Å². The third-order valence-electron chi connectivity index (χ3n) is 2.51. The molecule has 1 N–H and O–H groups in total. The second-order valence-corrected chi connectivity index (χ2v) is 4.95. The minimum Gasteiger partial charge on any atom is -0.494 e. The summed E-state index contributed by atoms with van der Waals surface area (Å²) in [6.45, 7) is 0.833. The lowest BCUT2D eigenvalue weighted by Crippen LogP contribution is -2.19. The van der Waals surface area contributed by atoms with E-state index in [1.807, 2.05) is 18.2 Å². The van der Waals surface area contributed by atoms with Crippen molar-refractivity contribution in [3.63, 3.8) is 0 Å². The van der Waals surface area contributed by atoms with Crippen LogP contribution >= 0.6 is 11.3 Å². The summed E-state index contributed by atoms with van der Waals surface area (Å²) in [6.07, 6.45) is 0. The summed E-state index contributed by atoms with van der Waals surface area (Å²) in [5.41, 5.74) is 0.746. The first-order valence-electron chi connectivity index (χ1n) is 6.04. The average molecular weight is 296 g/mol. The molecule has 6 nitrogen and oxygen atoms in total. The Bertz CT molecular complexity index is 585. The van der Waals surface area contributed by atoms with E-state index in [1.54, 1.807) is 14.2 Å². The summed E-state index contributed by atoms with van der Waals surface area (Å²) in [6, 6.07) is 5.65. The van der Waals surface area contributed by atoms with E-state index in [-0.39, 0.29) is 12.5 Å². The number of thiazole rings is 1. The number of ether oxygens (including phenoxy) is 3. The second kappa shape index (κ2) is 7.18. The van der Waals surface area contributed by atoms with Crippen LogP contribution < -0.4 is 10.1 Å². The van der Waals surface area contributed by atoms with Crippen LogP contribution in [0.4, 0.5) is 5.13 Å². The Kier molecular flexibility index (Phi) is 5.28. The van der Waals surface area contributed by atoms with Crippen molar-refractivity contribution in [2.24, 2.45) is 0 Å². The molecule has 2 aromatic rings. The van der Waals surface area contributed by atoms with Crippen LogP contribution in [0.2, 0.25) is 0 Å². The van der Waals surface area contributed by atoms with Gasteiger partial charge in [0, 0.05) is 7.11 Å². The number of nitrogens with zero attached hydrogens (tertiary/aromatic N) is 1. The summed E-state index contributed by atoms with van der Waals surface area (Å²) in [4.78, 5) is 16.0. The van der Waals surface area contributed by atoms with Crippen LogP contribution in [-0.4, -0.2) is 44.9 Å². The fourth-order valence-corrected chi connectivity index (χ4v) is 2.50. The molecule has 1 aromatic carbocycles. The SMILES string of the molecule is COCCOCC(=O)Nc1nc2c(OC)cccc2s1. The predicted octanol–water partition coefficient (Wildman–Crippen LogP) is 1.91. The number of para-hydroxylation sites is 1. The van der Waals surface area contributed by atoms with Crippen molar-refractivity contribution in [3.8, 4) is 5.75 Å². The maximum atomic E-state index is 11.7. The number of amides is 1. The van der Waals surface area contributed by atoms with Crippen LogP contribution in [-0.2, 0) is 14.3 Å². The van der Waals surface area contributed by atoms with Crippen molar-refractivity contribution in [1.29, 1.82) is 0 Å². The zero-order valence-corrected chi connectivity index (χ0v) is 12.2. The van der Waals surface area contributed by atoms with Crippen LogP contribution in [0.1, 0.15) is 0 Å².